The number of nitriles is 1. The molecule has 0 amide bonds. The number of fused-ring (bicyclic) bond motifs is 1. The molecule has 45 heavy (non-hydrogen) atoms. The van der Waals surface area contributed by atoms with Crippen LogP contribution in [0.4, 0.5) is 20.2 Å². The Bertz CT molecular complexity index is 1810. The summed E-state index contributed by atoms with van der Waals surface area (Å²) in [6, 6.07) is 13.3. The number of alkyl halides is 2. The van der Waals surface area contributed by atoms with E-state index in [0.29, 0.717) is 57.9 Å². The molecule has 2 aromatic heterocycles. The first-order chi connectivity index (χ1) is 21.5. The van der Waals surface area contributed by atoms with E-state index in [4.69, 9.17) is 11.6 Å². The number of hydrazine groups is 2. The Balaban J connectivity index is 1.46. The lowest BCUT2D eigenvalue weighted by Crippen LogP contribution is -2.48. The van der Waals surface area contributed by atoms with Gasteiger partial charge in [0.2, 0.25) is 0 Å². The molecule has 2 aromatic carbocycles. The molecule has 0 spiro atoms. The van der Waals surface area contributed by atoms with Gasteiger partial charge in [0.15, 0.2) is 0 Å². The van der Waals surface area contributed by atoms with Crippen molar-refractivity contribution in [3.05, 3.63) is 88.6 Å². The molecular weight excluding hydrogens is 596 g/mol. The van der Waals surface area contributed by atoms with Crippen molar-refractivity contribution in [3.8, 4) is 17.2 Å². The molecule has 6 rings (SSSR count). The van der Waals surface area contributed by atoms with Crippen LogP contribution in [0.5, 0.6) is 0 Å². The maximum Gasteiger partial charge on any atom is 0.262 e. The molecule has 2 aliphatic rings. The maximum atomic E-state index is 14.0. The van der Waals surface area contributed by atoms with E-state index in [9.17, 15) is 14.0 Å². The summed E-state index contributed by atoms with van der Waals surface area (Å²) in [7, 11) is 0. The van der Waals surface area contributed by atoms with Crippen molar-refractivity contribution < 1.29 is 8.78 Å². The molecule has 0 saturated heterocycles. The van der Waals surface area contributed by atoms with Gasteiger partial charge in [0.05, 0.1) is 45.9 Å². The van der Waals surface area contributed by atoms with Crippen LogP contribution in [0, 0.1) is 23.7 Å². The van der Waals surface area contributed by atoms with Crippen molar-refractivity contribution >= 4 is 33.9 Å². The van der Waals surface area contributed by atoms with Crippen LogP contribution in [-0.4, -0.2) is 38.7 Å². The Morgan fingerprint density at radius 2 is 1.96 bits per heavy atom. The zero-order valence-electron chi connectivity index (χ0n) is 25.4. The van der Waals surface area contributed by atoms with Gasteiger partial charge in [-0.2, -0.15) is 15.5 Å². The molecule has 1 saturated carbocycles. The number of anilines is 2. The fraction of sp³-hybridized carbons (Fsp3) is 0.333. The Labute approximate surface area is 265 Å². The second-order valence-corrected chi connectivity index (χ2v) is 13.2. The number of hydrogen-bond donors (Lipinski definition) is 4. The normalized spacial score (nSPS) is 16.2. The lowest BCUT2D eigenvalue weighted by Gasteiger charge is -2.25. The minimum Gasteiger partial charge on any atom is -0.383 e. The summed E-state index contributed by atoms with van der Waals surface area (Å²) >= 11 is 6.81. The summed E-state index contributed by atoms with van der Waals surface area (Å²) in [5, 5.41) is 27.5. The van der Waals surface area contributed by atoms with Crippen LogP contribution in [0.1, 0.15) is 56.3 Å². The fourth-order valence-corrected chi connectivity index (χ4v) is 5.87. The first-order valence-corrected chi connectivity index (χ1v) is 15.1. The van der Waals surface area contributed by atoms with Crippen LogP contribution in [0.3, 0.4) is 0 Å². The van der Waals surface area contributed by atoms with E-state index in [1.165, 1.54) is 11.2 Å². The average Bonchev–Trinajstić information content (AvgIpc) is 3.69. The predicted molar refractivity (Wildman–Crippen MR) is 172 cm³/mol. The number of nitrogens with zero attached hydrogens (tertiary/aromatic N) is 5. The van der Waals surface area contributed by atoms with Crippen LogP contribution in [0.15, 0.2) is 66.9 Å². The summed E-state index contributed by atoms with van der Waals surface area (Å²) in [4.78, 5) is 4.49. The van der Waals surface area contributed by atoms with Gasteiger partial charge in [-0.15, -0.1) is 5.53 Å². The first-order valence-electron chi connectivity index (χ1n) is 14.7. The van der Waals surface area contributed by atoms with Crippen LogP contribution in [-0.2, 0) is 0 Å². The number of nitrogens with one attached hydrogen (secondary N) is 4. The van der Waals surface area contributed by atoms with Crippen molar-refractivity contribution in [1.29, 1.82) is 5.26 Å². The monoisotopic (exact) mass is 629 g/mol. The van der Waals surface area contributed by atoms with Crippen molar-refractivity contribution in [2.24, 2.45) is 5.41 Å². The molecular formula is C33H34ClF2N9. The molecule has 0 unspecified atom stereocenters. The Kier molecular flexibility index (Phi) is 7.97. The second kappa shape index (κ2) is 11.8. The number of hydrogen-bond acceptors (Lipinski definition) is 9. The summed E-state index contributed by atoms with van der Waals surface area (Å²) < 4.78 is 28.1. The van der Waals surface area contributed by atoms with Crippen molar-refractivity contribution in [3.63, 3.8) is 0 Å². The zero-order chi connectivity index (χ0) is 31.9. The van der Waals surface area contributed by atoms with Gasteiger partial charge < -0.3 is 16.1 Å². The highest BCUT2D eigenvalue weighted by Gasteiger charge is 2.56. The summed E-state index contributed by atoms with van der Waals surface area (Å²) in [6.07, 6.45) is 4.88. The topological polar surface area (TPSA) is 114 Å². The largest absolute Gasteiger partial charge is 0.383 e. The summed E-state index contributed by atoms with van der Waals surface area (Å²) in [6.45, 7) is 8.97. The van der Waals surface area contributed by atoms with Gasteiger partial charge in [-0.05, 0) is 60.1 Å². The van der Waals surface area contributed by atoms with E-state index in [-0.39, 0.29) is 5.41 Å². The number of aromatic nitrogens is 3. The maximum absolute atomic E-state index is 14.0. The highest BCUT2D eigenvalue weighted by molar-refractivity contribution is 6.35. The molecule has 1 aliphatic carbocycles. The lowest BCUT2D eigenvalue weighted by molar-refractivity contribution is 0.00911. The molecule has 1 fully saturated rings. The third kappa shape index (κ3) is 5.95. The molecule has 1 atom stereocenters. The quantitative estimate of drug-likeness (QED) is 0.154. The molecule has 0 radical (unpaired) electrons. The van der Waals surface area contributed by atoms with E-state index in [2.05, 4.69) is 63.6 Å². The number of rotatable bonds is 9. The molecule has 12 heteroatoms. The van der Waals surface area contributed by atoms with Gasteiger partial charge in [0.1, 0.15) is 11.6 Å². The molecule has 232 valence electrons. The van der Waals surface area contributed by atoms with E-state index in [0.717, 1.165) is 22.3 Å². The summed E-state index contributed by atoms with van der Waals surface area (Å²) in [5.74, 6) is 0. The SMILES string of the molecule is Cc1c(-c2ccnnc2)cccc1[C@H](Nc1cc(Cl)c2ncc(C#N)c(NCC(C)(C)C)c2c1)C1=CN(C2(C(F)F)CC2)NN1. The van der Waals surface area contributed by atoms with Crippen molar-refractivity contribution in [2.45, 2.75) is 58.5 Å². The van der Waals surface area contributed by atoms with Gasteiger partial charge >= 0.3 is 0 Å². The number of pyridine rings is 1. The Morgan fingerprint density at radius 3 is 2.62 bits per heavy atom. The smallest absolute Gasteiger partial charge is 0.262 e. The standard InChI is InChI=1S/C33H34ClF2N9/c1-19-23(20-8-11-40-41-16-20)6-5-7-24(19)30(27-17-45(44-43-27)33(9-10-33)31(35)36)42-22-12-25-28(39-18-32(2,3)4)21(14-37)15-38-29(25)26(34)13-22/h5-8,11-13,15-17,30-31,42-44H,9-10,18H2,1-4H3,(H,38,39)/t30-/m0/s1. The minimum atomic E-state index is -2.50. The van der Waals surface area contributed by atoms with Gasteiger partial charge in [0, 0.05) is 35.6 Å². The van der Waals surface area contributed by atoms with Gasteiger partial charge in [0.25, 0.3) is 6.43 Å². The van der Waals surface area contributed by atoms with Crippen molar-refractivity contribution in [2.75, 3.05) is 17.2 Å². The number of halogens is 3. The number of benzene rings is 2. The van der Waals surface area contributed by atoms with E-state index in [1.54, 1.807) is 24.7 Å². The molecule has 9 nitrogen and oxygen atoms in total. The third-order valence-corrected chi connectivity index (χ3v) is 8.57. The molecule has 4 aromatic rings. The Hall–Kier alpha value is -4.53. The van der Waals surface area contributed by atoms with Gasteiger partial charge in [-0.3, -0.25) is 9.99 Å². The molecule has 1 aliphatic heterocycles. The van der Waals surface area contributed by atoms with E-state index in [1.807, 2.05) is 37.3 Å². The Morgan fingerprint density at radius 1 is 1.16 bits per heavy atom. The van der Waals surface area contributed by atoms with E-state index < -0.39 is 18.0 Å². The first kappa shape index (κ1) is 30.5. The van der Waals surface area contributed by atoms with Gasteiger partial charge in [-0.1, -0.05) is 50.6 Å². The average molecular weight is 630 g/mol. The van der Waals surface area contributed by atoms with Crippen LogP contribution < -0.4 is 21.6 Å². The van der Waals surface area contributed by atoms with Crippen LogP contribution in [0.2, 0.25) is 5.02 Å². The third-order valence-electron chi connectivity index (χ3n) is 8.28. The molecule has 3 heterocycles. The fourth-order valence-electron chi connectivity index (χ4n) is 5.60. The highest BCUT2D eigenvalue weighted by Crippen LogP contribution is 2.47. The predicted octanol–water partition coefficient (Wildman–Crippen LogP) is 7.10. The highest BCUT2D eigenvalue weighted by atomic mass is 35.5. The molecule has 0 bridgehead atoms. The lowest BCUT2D eigenvalue weighted by atomic mass is 9.92. The summed E-state index contributed by atoms with van der Waals surface area (Å²) in [5.41, 5.74) is 11.5. The van der Waals surface area contributed by atoms with Crippen LogP contribution >= 0.6 is 11.6 Å². The molecule has 4 N–H and O–H groups in total. The zero-order valence-corrected chi connectivity index (χ0v) is 26.2. The second-order valence-electron chi connectivity index (χ2n) is 12.8. The minimum absolute atomic E-state index is 0.0451. The van der Waals surface area contributed by atoms with Crippen molar-refractivity contribution in [1.82, 2.24) is 31.2 Å². The van der Waals surface area contributed by atoms with E-state index >= 15 is 0 Å². The van der Waals surface area contributed by atoms with Crippen LogP contribution in [0.25, 0.3) is 22.0 Å². The van der Waals surface area contributed by atoms with Gasteiger partial charge in [-0.25, -0.2) is 8.78 Å².